The van der Waals surface area contributed by atoms with Crippen molar-refractivity contribution in [1.82, 2.24) is 4.98 Å². The monoisotopic (exact) mass is 227 g/mol. The van der Waals surface area contributed by atoms with Gasteiger partial charge in [0.1, 0.15) is 0 Å². The molecule has 15 heavy (non-hydrogen) atoms. The maximum absolute atomic E-state index is 4.58. The predicted octanol–water partition coefficient (Wildman–Crippen LogP) is 4.94. The normalized spacial score (nSPS) is 12.3. The maximum atomic E-state index is 4.58. The minimum atomic E-state index is 0.623. The van der Waals surface area contributed by atoms with Crippen LogP contribution in [-0.2, 0) is 0 Å². The van der Waals surface area contributed by atoms with Crippen LogP contribution in [0.15, 0.2) is 0 Å². The van der Waals surface area contributed by atoms with Crippen molar-refractivity contribution >= 4 is 11.3 Å². The van der Waals surface area contributed by atoms with Crippen LogP contribution in [0.25, 0.3) is 0 Å². The molecule has 0 aliphatic carbocycles. The second kappa shape index (κ2) is 7.00. The van der Waals surface area contributed by atoms with Crippen molar-refractivity contribution in [3.05, 3.63) is 15.6 Å². The summed E-state index contributed by atoms with van der Waals surface area (Å²) < 4.78 is 0. The van der Waals surface area contributed by atoms with Crippen LogP contribution in [0.4, 0.5) is 0 Å². The number of hydrogen-bond donors (Lipinski definition) is 0. The molecule has 1 unspecified atom stereocenters. The molecular formula is C13H25NS. The first kappa shape index (κ1) is 14.6. The Hall–Kier alpha value is -0.370. The van der Waals surface area contributed by atoms with Gasteiger partial charge in [-0.05, 0) is 26.2 Å². The van der Waals surface area contributed by atoms with E-state index < -0.39 is 0 Å². The topological polar surface area (TPSA) is 12.9 Å². The SMILES string of the molecule is CC.Cc1nc(C(C)CC(C)C)sc1C. The van der Waals surface area contributed by atoms with Crippen LogP contribution >= 0.6 is 11.3 Å². The Balaban J connectivity index is 0.000000921. The third kappa shape index (κ3) is 4.78. The Morgan fingerprint density at radius 1 is 1.13 bits per heavy atom. The zero-order chi connectivity index (χ0) is 12.0. The van der Waals surface area contributed by atoms with Gasteiger partial charge in [0.05, 0.1) is 10.7 Å². The summed E-state index contributed by atoms with van der Waals surface area (Å²) in [4.78, 5) is 5.95. The van der Waals surface area contributed by atoms with E-state index >= 15 is 0 Å². The van der Waals surface area contributed by atoms with Gasteiger partial charge in [0, 0.05) is 10.8 Å². The zero-order valence-corrected chi connectivity index (χ0v) is 12.0. The second-order valence-electron chi connectivity index (χ2n) is 4.22. The number of thiazole rings is 1. The van der Waals surface area contributed by atoms with Gasteiger partial charge in [-0.3, -0.25) is 0 Å². The molecule has 0 aliphatic rings. The molecule has 0 bridgehead atoms. The third-order valence-electron chi connectivity index (χ3n) is 2.29. The van der Waals surface area contributed by atoms with E-state index in [2.05, 4.69) is 39.6 Å². The van der Waals surface area contributed by atoms with Crippen LogP contribution in [0.3, 0.4) is 0 Å². The van der Waals surface area contributed by atoms with Gasteiger partial charge in [-0.15, -0.1) is 11.3 Å². The average Bonchev–Trinajstić information content (AvgIpc) is 2.49. The number of aromatic nitrogens is 1. The standard InChI is InChI=1S/C11H19NS.C2H6/c1-7(2)6-8(3)11-12-9(4)10(5)13-11;1-2/h7-8H,6H2,1-5H3;1-2H3. The Morgan fingerprint density at radius 2 is 1.67 bits per heavy atom. The van der Waals surface area contributed by atoms with Gasteiger partial charge < -0.3 is 0 Å². The lowest BCUT2D eigenvalue weighted by Gasteiger charge is -2.10. The first-order valence-corrected chi connectivity index (χ1v) is 6.76. The lowest BCUT2D eigenvalue weighted by atomic mass is 10.00. The van der Waals surface area contributed by atoms with E-state index in [4.69, 9.17) is 0 Å². The average molecular weight is 227 g/mol. The molecule has 0 saturated carbocycles. The van der Waals surface area contributed by atoms with Gasteiger partial charge in [0.15, 0.2) is 0 Å². The molecule has 0 spiro atoms. The van der Waals surface area contributed by atoms with Crippen LogP contribution in [0.1, 0.15) is 62.5 Å². The van der Waals surface area contributed by atoms with Gasteiger partial charge in [0.25, 0.3) is 0 Å². The van der Waals surface area contributed by atoms with Gasteiger partial charge in [-0.25, -0.2) is 4.98 Å². The molecule has 0 aromatic carbocycles. The van der Waals surface area contributed by atoms with Gasteiger partial charge in [-0.1, -0.05) is 34.6 Å². The van der Waals surface area contributed by atoms with Crippen LogP contribution in [0.2, 0.25) is 0 Å². The molecule has 0 radical (unpaired) electrons. The van der Waals surface area contributed by atoms with E-state index in [1.807, 2.05) is 25.2 Å². The fraction of sp³-hybridized carbons (Fsp3) is 0.769. The Kier molecular flexibility index (Phi) is 6.82. The molecule has 2 heteroatoms. The molecular weight excluding hydrogens is 202 g/mol. The summed E-state index contributed by atoms with van der Waals surface area (Å²) in [6, 6.07) is 0. The molecule has 1 rings (SSSR count). The Bertz CT molecular complexity index is 257. The van der Waals surface area contributed by atoms with E-state index in [9.17, 15) is 0 Å². The smallest absolute Gasteiger partial charge is 0.0959 e. The quantitative estimate of drug-likeness (QED) is 0.713. The van der Waals surface area contributed by atoms with Crippen LogP contribution < -0.4 is 0 Å². The first-order chi connectivity index (χ1) is 7.00. The number of aryl methyl sites for hydroxylation is 2. The fourth-order valence-electron chi connectivity index (χ4n) is 1.52. The lowest BCUT2D eigenvalue weighted by Crippen LogP contribution is -1.98. The molecule has 0 N–H and O–H groups in total. The molecule has 1 atom stereocenters. The van der Waals surface area contributed by atoms with Crippen LogP contribution in [-0.4, -0.2) is 4.98 Å². The van der Waals surface area contributed by atoms with Gasteiger partial charge >= 0.3 is 0 Å². The van der Waals surface area contributed by atoms with Crippen LogP contribution in [0, 0.1) is 19.8 Å². The van der Waals surface area contributed by atoms with Crippen molar-refractivity contribution in [2.45, 2.75) is 60.8 Å². The summed E-state index contributed by atoms with van der Waals surface area (Å²) in [5.74, 6) is 1.39. The third-order valence-corrected chi connectivity index (χ3v) is 3.60. The second-order valence-corrected chi connectivity index (χ2v) is 5.46. The molecule has 0 amide bonds. The Labute approximate surface area is 98.9 Å². The number of nitrogens with zero attached hydrogens (tertiary/aromatic N) is 1. The summed E-state index contributed by atoms with van der Waals surface area (Å²) in [7, 11) is 0. The van der Waals surface area contributed by atoms with Crippen molar-refractivity contribution in [3.63, 3.8) is 0 Å². The number of rotatable bonds is 3. The van der Waals surface area contributed by atoms with Crippen molar-refractivity contribution < 1.29 is 0 Å². The molecule has 1 aromatic rings. The molecule has 0 fully saturated rings. The molecule has 88 valence electrons. The minimum Gasteiger partial charge on any atom is -0.246 e. The van der Waals surface area contributed by atoms with E-state index in [1.165, 1.54) is 22.0 Å². The van der Waals surface area contributed by atoms with Gasteiger partial charge in [-0.2, -0.15) is 0 Å². The van der Waals surface area contributed by atoms with E-state index in [-0.39, 0.29) is 0 Å². The molecule has 0 aliphatic heterocycles. The maximum Gasteiger partial charge on any atom is 0.0959 e. The first-order valence-electron chi connectivity index (χ1n) is 5.94. The van der Waals surface area contributed by atoms with Crippen molar-refractivity contribution in [2.75, 3.05) is 0 Å². The molecule has 1 nitrogen and oxygen atoms in total. The van der Waals surface area contributed by atoms with Crippen LogP contribution in [0.5, 0.6) is 0 Å². The minimum absolute atomic E-state index is 0.623. The lowest BCUT2D eigenvalue weighted by molar-refractivity contribution is 0.522. The highest BCUT2D eigenvalue weighted by molar-refractivity contribution is 7.11. The summed E-state index contributed by atoms with van der Waals surface area (Å²) >= 11 is 1.85. The summed E-state index contributed by atoms with van der Waals surface area (Å²) in [5, 5.41) is 1.31. The van der Waals surface area contributed by atoms with E-state index in [1.54, 1.807) is 0 Å². The highest BCUT2D eigenvalue weighted by Crippen LogP contribution is 2.28. The van der Waals surface area contributed by atoms with Crippen molar-refractivity contribution in [3.8, 4) is 0 Å². The summed E-state index contributed by atoms with van der Waals surface area (Å²) in [6.07, 6.45) is 1.24. The fourth-order valence-corrected chi connectivity index (χ4v) is 2.50. The highest BCUT2D eigenvalue weighted by Gasteiger charge is 2.12. The Morgan fingerprint density at radius 3 is 2.00 bits per heavy atom. The zero-order valence-electron chi connectivity index (χ0n) is 11.2. The summed E-state index contributed by atoms with van der Waals surface area (Å²) in [6.45, 7) is 15.1. The molecule has 1 heterocycles. The van der Waals surface area contributed by atoms with Crippen molar-refractivity contribution in [1.29, 1.82) is 0 Å². The predicted molar refractivity (Wildman–Crippen MR) is 70.8 cm³/mol. The van der Waals surface area contributed by atoms with E-state index in [0.717, 1.165) is 5.92 Å². The van der Waals surface area contributed by atoms with E-state index in [0.29, 0.717) is 5.92 Å². The van der Waals surface area contributed by atoms with Crippen molar-refractivity contribution in [2.24, 2.45) is 5.92 Å². The molecule has 0 saturated heterocycles. The van der Waals surface area contributed by atoms with Gasteiger partial charge in [0.2, 0.25) is 0 Å². The highest BCUT2D eigenvalue weighted by atomic mass is 32.1. The summed E-state index contributed by atoms with van der Waals surface area (Å²) in [5.41, 5.74) is 1.20. The largest absolute Gasteiger partial charge is 0.246 e. The number of hydrogen-bond acceptors (Lipinski definition) is 2. The molecule has 1 aromatic heterocycles.